The molecular formula is C11H12F3NO3S2. The summed E-state index contributed by atoms with van der Waals surface area (Å²) in [4.78, 5) is -0.466. The number of nitrogens with zero attached hydrogens (tertiary/aromatic N) is 1. The van der Waals surface area contributed by atoms with Crippen LogP contribution >= 0.6 is 11.8 Å². The molecule has 1 aromatic carbocycles. The summed E-state index contributed by atoms with van der Waals surface area (Å²) in [7, 11) is -4.00. The van der Waals surface area contributed by atoms with Gasteiger partial charge in [0.25, 0.3) is 0 Å². The smallest absolute Gasteiger partial charge is 0.404 e. The molecule has 1 heterocycles. The molecule has 0 aromatic heterocycles. The summed E-state index contributed by atoms with van der Waals surface area (Å²) in [5.41, 5.74) is 0. The molecule has 4 nitrogen and oxygen atoms in total. The van der Waals surface area contributed by atoms with Gasteiger partial charge in [-0.15, -0.1) is 24.9 Å². The van der Waals surface area contributed by atoms with Crippen LogP contribution in [0.5, 0.6) is 5.75 Å². The second-order valence-corrected chi connectivity index (χ2v) is 7.36. The molecule has 1 atom stereocenters. The minimum absolute atomic E-state index is 0.272. The summed E-state index contributed by atoms with van der Waals surface area (Å²) in [6, 6.07) is 4.77. The van der Waals surface area contributed by atoms with Crippen molar-refractivity contribution in [1.29, 1.82) is 0 Å². The van der Waals surface area contributed by atoms with Crippen molar-refractivity contribution in [3.05, 3.63) is 24.3 Å². The van der Waals surface area contributed by atoms with Gasteiger partial charge in [0, 0.05) is 12.3 Å². The van der Waals surface area contributed by atoms with Crippen LogP contribution in [-0.4, -0.2) is 36.8 Å². The van der Waals surface area contributed by atoms with E-state index < -0.39 is 27.0 Å². The third-order valence-electron chi connectivity index (χ3n) is 2.74. The molecule has 1 aliphatic heterocycles. The number of hydrogen-bond donors (Lipinski definition) is 0. The van der Waals surface area contributed by atoms with Crippen molar-refractivity contribution in [3.8, 4) is 5.75 Å². The summed E-state index contributed by atoms with van der Waals surface area (Å²) < 4.78 is 66.8. The standard InChI is InChI=1S/C11H12F3NO3S2/c1-8-15(6-7-19-8)20(16,17)10-5-3-2-4-9(10)18-11(12,13)14/h2-5,8H,6-7H2,1H3. The lowest BCUT2D eigenvalue weighted by Crippen LogP contribution is -2.33. The summed E-state index contributed by atoms with van der Waals surface area (Å²) in [5.74, 6) is -0.0908. The molecule has 0 radical (unpaired) electrons. The molecule has 0 amide bonds. The van der Waals surface area contributed by atoms with E-state index in [0.717, 1.165) is 12.1 Å². The van der Waals surface area contributed by atoms with Crippen LogP contribution in [0.2, 0.25) is 0 Å². The van der Waals surface area contributed by atoms with Crippen LogP contribution in [0.4, 0.5) is 13.2 Å². The van der Waals surface area contributed by atoms with Crippen molar-refractivity contribution >= 4 is 21.8 Å². The Kier molecular flexibility index (Phi) is 4.22. The van der Waals surface area contributed by atoms with Crippen LogP contribution in [0.25, 0.3) is 0 Å². The lowest BCUT2D eigenvalue weighted by Gasteiger charge is -2.21. The monoisotopic (exact) mass is 327 g/mol. The third kappa shape index (κ3) is 3.21. The van der Waals surface area contributed by atoms with E-state index >= 15 is 0 Å². The van der Waals surface area contributed by atoms with Gasteiger partial charge in [-0.2, -0.15) is 4.31 Å². The predicted octanol–water partition coefficient (Wildman–Crippen LogP) is 2.67. The number of alkyl halides is 3. The lowest BCUT2D eigenvalue weighted by atomic mass is 10.3. The normalized spacial score (nSPS) is 21.1. The largest absolute Gasteiger partial charge is 0.573 e. The van der Waals surface area contributed by atoms with Crippen molar-refractivity contribution in [2.75, 3.05) is 12.3 Å². The van der Waals surface area contributed by atoms with Gasteiger partial charge in [0.15, 0.2) is 0 Å². The average molecular weight is 327 g/mol. The van der Waals surface area contributed by atoms with Gasteiger partial charge in [0.05, 0.1) is 5.37 Å². The van der Waals surface area contributed by atoms with Crippen molar-refractivity contribution in [3.63, 3.8) is 0 Å². The fourth-order valence-electron chi connectivity index (χ4n) is 1.89. The van der Waals surface area contributed by atoms with Gasteiger partial charge in [-0.1, -0.05) is 12.1 Å². The number of hydrogen-bond acceptors (Lipinski definition) is 4. The fraction of sp³-hybridized carbons (Fsp3) is 0.455. The highest BCUT2D eigenvalue weighted by atomic mass is 32.2. The van der Waals surface area contributed by atoms with Crippen LogP contribution in [0.15, 0.2) is 29.2 Å². The first-order valence-corrected chi connectivity index (χ1v) is 8.19. The molecule has 9 heteroatoms. The first-order valence-electron chi connectivity index (χ1n) is 5.70. The van der Waals surface area contributed by atoms with Gasteiger partial charge in [0.1, 0.15) is 10.6 Å². The molecule has 20 heavy (non-hydrogen) atoms. The zero-order chi connectivity index (χ0) is 15.0. The second-order valence-electron chi connectivity index (χ2n) is 4.08. The Hall–Kier alpha value is -0.930. The molecule has 112 valence electrons. The van der Waals surface area contributed by atoms with Gasteiger partial charge >= 0.3 is 6.36 Å². The van der Waals surface area contributed by atoms with Gasteiger partial charge < -0.3 is 4.74 Å². The summed E-state index contributed by atoms with van der Waals surface area (Å²) in [6.07, 6.45) is -4.93. The van der Waals surface area contributed by atoms with E-state index in [2.05, 4.69) is 4.74 Å². The zero-order valence-electron chi connectivity index (χ0n) is 10.4. The van der Waals surface area contributed by atoms with Crippen molar-refractivity contribution < 1.29 is 26.3 Å². The fourth-order valence-corrected chi connectivity index (χ4v) is 5.03. The maximum atomic E-state index is 12.4. The SMILES string of the molecule is CC1SCCN1S(=O)(=O)c1ccccc1OC(F)(F)F. The van der Waals surface area contributed by atoms with Crippen LogP contribution in [0.1, 0.15) is 6.92 Å². The van der Waals surface area contributed by atoms with Gasteiger partial charge in [0.2, 0.25) is 10.0 Å². The van der Waals surface area contributed by atoms with Crippen LogP contribution in [0.3, 0.4) is 0 Å². The lowest BCUT2D eigenvalue weighted by molar-refractivity contribution is -0.275. The molecule has 1 aliphatic rings. The number of halogens is 3. The molecule has 1 fully saturated rings. The summed E-state index contributed by atoms with van der Waals surface area (Å²) in [5, 5.41) is -0.307. The van der Waals surface area contributed by atoms with Crippen molar-refractivity contribution in [2.45, 2.75) is 23.6 Å². The Morgan fingerprint density at radius 2 is 2.00 bits per heavy atom. The molecule has 0 spiro atoms. The Morgan fingerprint density at radius 1 is 1.35 bits per heavy atom. The molecule has 1 aromatic rings. The van der Waals surface area contributed by atoms with E-state index in [1.807, 2.05) is 0 Å². The van der Waals surface area contributed by atoms with E-state index in [1.54, 1.807) is 6.92 Å². The van der Waals surface area contributed by atoms with E-state index in [-0.39, 0.29) is 11.9 Å². The van der Waals surface area contributed by atoms with E-state index in [1.165, 1.54) is 28.2 Å². The minimum atomic E-state index is -4.93. The Balaban J connectivity index is 2.42. The maximum absolute atomic E-state index is 12.4. The highest BCUT2D eigenvalue weighted by Gasteiger charge is 2.38. The van der Waals surface area contributed by atoms with Crippen molar-refractivity contribution in [1.82, 2.24) is 4.31 Å². The average Bonchev–Trinajstić information content (AvgIpc) is 2.74. The Bertz CT molecular complexity index is 589. The Morgan fingerprint density at radius 3 is 2.55 bits per heavy atom. The second kappa shape index (κ2) is 5.45. The highest BCUT2D eigenvalue weighted by Crippen LogP contribution is 2.35. The maximum Gasteiger partial charge on any atom is 0.573 e. The van der Waals surface area contributed by atoms with Crippen LogP contribution in [-0.2, 0) is 10.0 Å². The molecule has 2 rings (SSSR count). The van der Waals surface area contributed by atoms with Gasteiger partial charge in [-0.05, 0) is 19.1 Å². The summed E-state index contributed by atoms with van der Waals surface area (Å²) in [6.45, 7) is 1.97. The predicted molar refractivity (Wildman–Crippen MR) is 68.9 cm³/mol. The molecule has 0 N–H and O–H groups in total. The molecule has 0 aliphatic carbocycles. The van der Waals surface area contributed by atoms with E-state index in [9.17, 15) is 21.6 Å². The zero-order valence-corrected chi connectivity index (χ0v) is 12.1. The first-order chi connectivity index (χ1) is 9.22. The number of benzene rings is 1. The Labute approximate surface area is 119 Å². The number of thioether (sulfide) groups is 1. The third-order valence-corrected chi connectivity index (χ3v) is 6.04. The van der Waals surface area contributed by atoms with Crippen LogP contribution in [0, 0.1) is 0 Å². The molecule has 1 unspecified atom stereocenters. The van der Waals surface area contributed by atoms with Crippen LogP contribution < -0.4 is 4.74 Å². The number of rotatable bonds is 3. The van der Waals surface area contributed by atoms with Crippen molar-refractivity contribution in [2.24, 2.45) is 0 Å². The topological polar surface area (TPSA) is 46.6 Å². The van der Waals surface area contributed by atoms with Gasteiger partial charge in [-0.3, -0.25) is 0 Å². The molecular weight excluding hydrogens is 315 g/mol. The number of sulfonamides is 1. The number of para-hydroxylation sites is 1. The first kappa shape index (κ1) is 15.5. The number of ether oxygens (including phenoxy) is 1. The molecule has 1 saturated heterocycles. The van der Waals surface area contributed by atoms with E-state index in [0.29, 0.717) is 5.75 Å². The highest BCUT2D eigenvalue weighted by molar-refractivity contribution is 8.01. The molecule has 0 saturated carbocycles. The summed E-state index contributed by atoms with van der Waals surface area (Å²) >= 11 is 1.43. The van der Waals surface area contributed by atoms with E-state index in [4.69, 9.17) is 0 Å². The molecule has 0 bridgehead atoms. The minimum Gasteiger partial charge on any atom is -0.404 e. The quantitative estimate of drug-likeness (QED) is 0.856. The van der Waals surface area contributed by atoms with Gasteiger partial charge in [-0.25, -0.2) is 8.42 Å².